The third kappa shape index (κ3) is 4.11. The van der Waals surface area contributed by atoms with Gasteiger partial charge in [-0.15, -0.1) is 11.8 Å². The summed E-state index contributed by atoms with van der Waals surface area (Å²) in [5.74, 6) is -0.976. The number of carbonyl (C=O) groups is 2. The molecular formula is C12H14O4S. The van der Waals surface area contributed by atoms with Crippen LogP contribution in [0.3, 0.4) is 0 Å². The van der Waals surface area contributed by atoms with Gasteiger partial charge in [0.05, 0.1) is 17.9 Å². The Balaban J connectivity index is 2.66. The first-order valence-corrected chi connectivity index (χ1v) is 6.15. The molecular weight excluding hydrogens is 240 g/mol. The first kappa shape index (κ1) is 13.6. The molecule has 1 aromatic rings. The highest BCUT2D eigenvalue weighted by Crippen LogP contribution is 2.23. The lowest BCUT2D eigenvalue weighted by atomic mass is 10.1. The van der Waals surface area contributed by atoms with Crippen LogP contribution < -0.4 is 0 Å². The smallest absolute Gasteiger partial charge is 0.335 e. The predicted octanol–water partition coefficient (Wildman–Crippen LogP) is 2.35. The van der Waals surface area contributed by atoms with Crippen molar-refractivity contribution >= 4 is 23.7 Å². The Morgan fingerprint density at radius 3 is 2.65 bits per heavy atom. The number of aryl methyl sites for hydroxylation is 1. The molecule has 0 aromatic heterocycles. The normalized spacial score (nSPS) is 10.0. The standard InChI is InChI=1S/C12H14O4S/c1-3-16-11(13)7-17-10-5-4-9(12(14)15)6-8(10)2/h4-6H,3,7H2,1-2H3,(H,14,15). The van der Waals surface area contributed by atoms with Gasteiger partial charge in [-0.25, -0.2) is 4.79 Å². The van der Waals surface area contributed by atoms with E-state index in [-0.39, 0.29) is 17.3 Å². The topological polar surface area (TPSA) is 63.6 Å². The zero-order chi connectivity index (χ0) is 12.8. The molecule has 0 atom stereocenters. The minimum Gasteiger partial charge on any atom is -0.478 e. The predicted molar refractivity (Wildman–Crippen MR) is 65.5 cm³/mol. The van der Waals surface area contributed by atoms with Gasteiger partial charge in [-0.1, -0.05) is 0 Å². The summed E-state index contributed by atoms with van der Waals surface area (Å²) < 4.78 is 4.81. The highest BCUT2D eigenvalue weighted by Gasteiger charge is 2.08. The number of esters is 1. The van der Waals surface area contributed by atoms with Crippen LogP contribution in [0.4, 0.5) is 0 Å². The Morgan fingerprint density at radius 2 is 2.12 bits per heavy atom. The van der Waals surface area contributed by atoms with Gasteiger partial charge in [-0.2, -0.15) is 0 Å². The van der Waals surface area contributed by atoms with Crippen LogP contribution in [0.5, 0.6) is 0 Å². The minimum absolute atomic E-state index is 0.237. The molecule has 0 unspecified atom stereocenters. The van der Waals surface area contributed by atoms with Gasteiger partial charge in [0, 0.05) is 4.90 Å². The number of carboxylic acids is 1. The number of hydrogen-bond acceptors (Lipinski definition) is 4. The number of carboxylic acid groups (broad SMARTS) is 1. The SMILES string of the molecule is CCOC(=O)CSc1ccc(C(=O)O)cc1C. The van der Waals surface area contributed by atoms with Crippen molar-refractivity contribution < 1.29 is 19.4 Å². The monoisotopic (exact) mass is 254 g/mol. The van der Waals surface area contributed by atoms with E-state index in [1.807, 2.05) is 6.92 Å². The number of thioether (sulfide) groups is 1. The second-order valence-corrected chi connectivity index (χ2v) is 4.40. The summed E-state index contributed by atoms with van der Waals surface area (Å²) in [6.07, 6.45) is 0. The molecule has 0 aliphatic carbocycles. The molecule has 0 radical (unpaired) electrons. The van der Waals surface area contributed by atoms with E-state index in [1.54, 1.807) is 19.1 Å². The molecule has 4 nitrogen and oxygen atoms in total. The van der Waals surface area contributed by atoms with Crippen molar-refractivity contribution in [3.8, 4) is 0 Å². The fraction of sp³-hybridized carbons (Fsp3) is 0.333. The maximum absolute atomic E-state index is 11.2. The third-order valence-corrected chi connectivity index (χ3v) is 3.22. The van der Waals surface area contributed by atoms with Crippen LogP contribution in [0.1, 0.15) is 22.8 Å². The molecule has 1 rings (SSSR count). The average molecular weight is 254 g/mol. The Hall–Kier alpha value is -1.49. The van der Waals surface area contributed by atoms with Crippen molar-refractivity contribution in [2.24, 2.45) is 0 Å². The molecule has 1 N–H and O–H groups in total. The molecule has 0 aliphatic heterocycles. The molecule has 17 heavy (non-hydrogen) atoms. The van der Waals surface area contributed by atoms with Gasteiger partial charge >= 0.3 is 11.9 Å². The highest BCUT2D eigenvalue weighted by molar-refractivity contribution is 8.00. The van der Waals surface area contributed by atoms with E-state index in [9.17, 15) is 9.59 Å². The fourth-order valence-electron chi connectivity index (χ4n) is 1.28. The summed E-state index contributed by atoms with van der Waals surface area (Å²) in [5, 5.41) is 8.81. The summed E-state index contributed by atoms with van der Waals surface area (Å²) in [6, 6.07) is 4.83. The molecule has 5 heteroatoms. The van der Waals surface area contributed by atoms with Gasteiger partial charge in [-0.05, 0) is 37.6 Å². The lowest BCUT2D eigenvalue weighted by molar-refractivity contribution is -0.139. The molecule has 0 heterocycles. The minimum atomic E-state index is -0.949. The van der Waals surface area contributed by atoms with E-state index in [4.69, 9.17) is 9.84 Å². The summed E-state index contributed by atoms with van der Waals surface area (Å²) in [5.41, 5.74) is 1.10. The number of rotatable bonds is 5. The fourth-order valence-corrected chi connectivity index (χ4v) is 2.09. The second-order valence-electron chi connectivity index (χ2n) is 3.38. The van der Waals surface area contributed by atoms with Gasteiger partial charge in [0.1, 0.15) is 0 Å². The second kappa shape index (κ2) is 6.30. The van der Waals surface area contributed by atoms with E-state index in [2.05, 4.69) is 0 Å². The first-order valence-electron chi connectivity index (χ1n) is 5.17. The maximum Gasteiger partial charge on any atom is 0.335 e. The summed E-state index contributed by atoms with van der Waals surface area (Å²) in [6.45, 7) is 3.95. The van der Waals surface area contributed by atoms with Gasteiger partial charge in [-0.3, -0.25) is 4.79 Å². The lowest BCUT2D eigenvalue weighted by Gasteiger charge is -2.06. The Kier molecular flexibility index (Phi) is 5.03. The molecule has 0 saturated carbocycles. The van der Waals surface area contributed by atoms with E-state index in [1.165, 1.54) is 17.8 Å². The Bertz CT molecular complexity index is 429. The van der Waals surface area contributed by atoms with Gasteiger partial charge < -0.3 is 9.84 Å². The highest BCUT2D eigenvalue weighted by atomic mass is 32.2. The molecule has 0 bridgehead atoms. The van der Waals surface area contributed by atoms with Gasteiger partial charge in [0.2, 0.25) is 0 Å². The van der Waals surface area contributed by atoms with Crippen molar-refractivity contribution in [3.05, 3.63) is 29.3 Å². The lowest BCUT2D eigenvalue weighted by Crippen LogP contribution is -2.06. The maximum atomic E-state index is 11.2. The largest absolute Gasteiger partial charge is 0.478 e. The van der Waals surface area contributed by atoms with Crippen molar-refractivity contribution in [2.45, 2.75) is 18.7 Å². The van der Waals surface area contributed by atoms with Crippen LogP contribution in [0.2, 0.25) is 0 Å². The molecule has 92 valence electrons. The zero-order valence-corrected chi connectivity index (χ0v) is 10.5. The number of ether oxygens (including phenoxy) is 1. The average Bonchev–Trinajstić information content (AvgIpc) is 2.27. The molecule has 0 fully saturated rings. The van der Waals surface area contributed by atoms with Crippen LogP contribution in [-0.2, 0) is 9.53 Å². The Morgan fingerprint density at radius 1 is 1.41 bits per heavy atom. The van der Waals surface area contributed by atoms with Crippen molar-refractivity contribution in [1.82, 2.24) is 0 Å². The van der Waals surface area contributed by atoms with Crippen molar-refractivity contribution in [3.63, 3.8) is 0 Å². The molecule has 0 saturated heterocycles. The van der Waals surface area contributed by atoms with E-state index in [0.29, 0.717) is 6.61 Å². The number of aromatic carboxylic acids is 1. The van der Waals surface area contributed by atoms with Crippen molar-refractivity contribution in [2.75, 3.05) is 12.4 Å². The van der Waals surface area contributed by atoms with E-state index >= 15 is 0 Å². The van der Waals surface area contributed by atoms with Gasteiger partial charge in [0.25, 0.3) is 0 Å². The molecule has 0 spiro atoms. The van der Waals surface area contributed by atoms with E-state index in [0.717, 1.165) is 10.5 Å². The van der Waals surface area contributed by atoms with Crippen molar-refractivity contribution in [1.29, 1.82) is 0 Å². The summed E-state index contributed by atoms with van der Waals surface area (Å²) in [4.78, 5) is 22.8. The first-order chi connectivity index (χ1) is 8.04. The summed E-state index contributed by atoms with van der Waals surface area (Å²) in [7, 11) is 0. The zero-order valence-electron chi connectivity index (χ0n) is 9.73. The number of hydrogen-bond donors (Lipinski definition) is 1. The van der Waals surface area contributed by atoms with E-state index < -0.39 is 5.97 Å². The molecule has 1 aromatic carbocycles. The Labute approximate surface area is 104 Å². The molecule has 0 amide bonds. The quantitative estimate of drug-likeness (QED) is 0.645. The van der Waals surface area contributed by atoms with Gasteiger partial charge in [0.15, 0.2) is 0 Å². The van der Waals surface area contributed by atoms with Crippen LogP contribution in [-0.4, -0.2) is 29.4 Å². The third-order valence-electron chi connectivity index (χ3n) is 2.07. The number of benzene rings is 1. The van der Waals surface area contributed by atoms with Crippen LogP contribution in [0.15, 0.2) is 23.1 Å². The van der Waals surface area contributed by atoms with Crippen LogP contribution in [0, 0.1) is 6.92 Å². The van der Waals surface area contributed by atoms with Crippen LogP contribution >= 0.6 is 11.8 Å². The summed E-state index contributed by atoms with van der Waals surface area (Å²) >= 11 is 1.35. The molecule has 0 aliphatic rings. The number of carbonyl (C=O) groups excluding carboxylic acids is 1. The van der Waals surface area contributed by atoms with Crippen LogP contribution in [0.25, 0.3) is 0 Å².